The lowest BCUT2D eigenvalue weighted by atomic mass is 9.96. The molecule has 9 heteroatoms. The maximum absolute atomic E-state index is 13.3. The van der Waals surface area contributed by atoms with Crippen LogP contribution in [0.1, 0.15) is 30.3 Å². The Morgan fingerprint density at radius 3 is 2.89 bits per heavy atom. The Morgan fingerprint density at radius 1 is 1.41 bits per heavy atom. The summed E-state index contributed by atoms with van der Waals surface area (Å²) in [5, 5.41) is 20.9. The number of methoxy groups -OCH3 is 1. The van der Waals surface area contributed by atoms with Gasteiger partial charge >= 0.3 is 5.97 Å². The molecule has 2 aromatic rings. The lowest BCUT2D eigenvalue weighted by molar-refractivity contribution is -0.146. The zero-order valence-corrected chi connectivity index (χ0v) is 15.4. The number of aryl methyl sites for hydroxylation is 1. The fraction of sp³-hybridized carbons (Fsp3) is 0.500. The van der Waals surface area contributed by atoms with Crippen molar-refractivity contribution in [1.29, 1.82) is 0 Å². The van der Waals surface area contributed by atoms with E-state index < -0.39 is 17.9 Å². The molecule has 1 amide bonds. The minimum atomic E-state index is -0.865. The molecular weight excluding hydrogens is 350 g/mol. The van der Waals surface area contributed by atoms with E-state index in [-0.39, 0.29) is 12.5 Å². The second kappa shape index (κ2) is 8.15. The molecule has 144 valence electrons. The highest BCUT2D eigenvalue weighted by atomic mass is 16.5. The van der Waals surface area contributed by atoms with Gasteiger partial charge in [-0.05, 0) is 47.9 Å². The normalized spacial score (nSPS) is 18.1. The minimum absolute atomic E-state index is 0.167. The number of rotatable bonds is 6. The average Bonchev–Trinajstić information content (AvgIpc) is 3.11. The number of carbonyl (C=O) groups is 2. The summed E-state index contributed by atoms with van der Waals surface area (Å²) < 4.78 is 6.77. The molecule has 1 aromatic carbocycles. The van der Waals surface area contributed by atoms with Crippen LogP contribution in [0.2, 0.25) is 0 Å². The summed E-state index contributed by atoms with van der Waals surface area (Å²) in [6, 6.07) is 6.85. The first-order valence-corrected chi connectivity index (χ1v) is 8.88. The number of hydrogen-bond donors (Lipinski definition) is 1. The Balaban J connectivity index is 1.86. The van der Waals surface area contributed by atoms with Crippen LogP contribution in [0, 0.1) is 12.8 Å². The Kier molecular flexibility index (Phi) is 5.68. The van der Waals surface area contributed by atoms with Gasteiger partial charge in [-0.3, -0.25) is 9.59 Å². The van der Waals surface area contributed by atoms with Gasteiger partial charge in [-0.1, -0.05) is 12.1 Å². The molecule has 1 aliphatic heterocycles. The van der Waals surface area contributed by atoms with Gasteiger partial charge < -0.3 is 14.7 Å². The van der Waals surface area contributed by atoms with Crippen LogP contribution in [-0.4, -0.2) is 62.3 Å². The molecular formula is C18H23N5O4. The Labute approximate surface area is 156 Å². The number of aliphatic carboxylic acids is 1. The maximum Gasteiger partial charge on any atom is 0.308 e. The summed E-state index contributed by atoms with van der Waals surface area (Å²) in [6.07, 6.45) is 1.64. The third-order valence-electron chi connectivity index (χ3n) is 4.88. The molecule has 1 aliphatic rings. The number of amides is 1. The second-order valence-electron chi connectivity index (χ2n) is 6.70. The van der Waals surface area contributed by atoms with Gasteiger partial charge in [0.2, 0.25) is 5.91 Å². The Bertz CT molecular complexity index is 822. The molecule has 0 saturated carbocycles. The molecule has 27 heavy (non-hydrogen) atoms. The number of carbonyl (C=O) groups excluding carboxylic acids is 1. The van der Waals surface area contributed by atoms with Crippen LogP contribution in [0.15, 0.2) is 24.3 Å². The minimum Gasteiger partial charge on any atom is -0.497 e. The largest absolute Gasteiger partial charge is 0.497 e. The molecule has 2 atom stereocenters. The third-order valence-corrected chi connectivity index (χ3v) is 4.88. The highest BCUT2D eigenvalue weighted by molar-refractivity contribution is 5.82. The summed E-state index contributed by atoms with van der Waals surface area (Å²) in [5.74, 6) is -0.330. The van der Waals surface area contributed by atoms with Crippen molar-refractivity contribution >= 4 is 11.9 Å². The van der Waals surface area contributed by atoms with Gasteiger partial charge in [-0.15, -0.1) is 5.10 Å². The van der Waals surface area contributed by atoms with Crippen molar-refractivity contribution < 1.29 is 19.4 Å². The van der Waals surface area contributed by atoms with E-state index in [1.165, 1.54) is 4.68 Å². The summed E-state index contributed by atoms with van der Waals surface area (Å²) in [6.45, 7) is 2.49. The van der Waals surface area contributed by atoms with Crippen molar-refractivity contribution in [1.82, 2.24) is 25.1 Å². The van der Waals surface area contributed by atoms with Gasteiger partial charge in [0.05, 0.1) is 13.0 Å². The average molecular weight is 373 g/mol. The van der Waals surface area contributed by atoms with Crippen LogP contribution >= 0.6 is 0 Å². The van der Waals surface area contributed by atoms with E-state index in [4.69, 9.17) is 4.74 Å². The molecule has 3 rings (SSSR count). The third kappa shape index (κ3) is 4.24. The summed E-state index contributed by atoms with van der Waals surface area (Å²) in [4.78, 5) is 26.2. The molecule has 2 heterocycles. The van der Waals surface area contributed by atoms with Crippen molar-refractivity contribution in [3.8, 4) is 5.75 Å². The smallest absolute Gasteiger partial charge is 0.308 e. The number of carboxylic acids is 1. The number of aromatic nitrogens is 4. The lowest BCUT2D eigenvalue weighted by Gasteiger charge is -2.33. The second-order valence-corrected chi connectivity index (χ2v) is 6.70. The van der Waals surface area contributed by atoms with Gasteiger partial charge in [-0.25, -0.2) is 4.68 Å². The number of hydrogen-bond acceptors (Lipinski definition) is 6. The topological polar surface area (TPSA) is 110 Å². The van der Waals surface area contributed by atoms with E-state index in [9.17, 15) is 14.7 Å². The molecule has 0 radical (unpaired) electrons. The molecule has 1 saturated heterocycles. The van der Waals surface area contributed by atoms with E-state index in [0.717, 1.165) is 5.56 Å². The van der Waals surface area contributed by atoms with Crippen LogP contribution in [-0.2, 0) is 16.0 Å². The maximum atomic E-state index is 13.3. The van der Waals surface area contributed by atoms with E-state index in [1.54, 1.807) is 18.9 Å². The number of nitrogens with zero attached hydrogens (tertiary/aromatic N) is 5. The van der Waals surface area contributed by atoms with Crippen LogP contribution in [0.25, 0.3) is 0 Å². The molecule has 0 aliphatic carbocycles. The van der Waals surface area contributed by atoms with E-state index >= 15 is 0 Å². The predicted molar refractivity (Wildman–Crippen MR) is 95.2 cm³/mol. The first kappa shape index (κ1) is 18.8. The predicted octanol–water partition coefficient (Wildman–Crippen LogP) is 1.10. The van der Waals surface area contributed by atoms with Crippen molar-refractivity contribution in [2.45, 2.75) is 32.2 Å². The zero-order chi connectivity index (χ0) is 19.4. The Morgan fingerprint density at radius 2 is 2.22 bits per heavy atom. The number of likely N-dealkylation sites (tertiary alicyclic amines) is 1. The van der Waals surface area contributed by atoms with Crippen LogP contribution in [0.3, 0.4) is 0 Å². The highest BCUT2D eigenvalue weighted by Crippen LogP contribution is 2.24. The molecule has 9 nitrogen and oxygen atoms in total. The van der Waals surface area contributed by atoms with Crippen molar-refractivity contribution in [2.75, 3.05) is 20.2 Å². The molecule has 1 N–H and O–H groups in total. The van der Waals surface area contributed by atoms with Crippen molar-refractivity contribution in [3.63, 3.8) is 0 Å². The lowest BCUT2D eigenvalue weighted by Crippen LogP contribution is -2.46. The Hall–Kier alpha value is -2.97. The monoisotopic (exact) mass is 373 g/mol. The highest BCUT2D eigenvalue weighted by Gasteiger charge is 2.33. The van der Waals surface area contributed by atoms with Crippen molar-refractivity contribution in [2.24, 2.45) is 5.92 Å². The van der Waals surface area contributed by atoms with Gasteiger partial charge in [0.1, 0.15) is 17.6 Å². The van der Waals surface area contributed by atoms with Crippen LogP contribution < -0.4 is 4.74 Å². The first-order chi connectivity index (χ1) is 13.0. The SMILES string of the molecule is COc1cccc(CC(C(=O)N2CCC[C@H](C(=O)O)C2)n2nnnc2C)c1. The van der Waals surface area contributed by atoms with Gasteiger partial charge in [-0.2, -0.15) is 0 Å². The van der Waals surface area contributed by atoms with Crippen molar-refractivity contribution in [3.05, 3.63) is 35.7 Å². The summed E-state index contributed by atoms with van der Waals surface area (Å²) >= 11 is 0. The summed E-state index contributed by atoms with van der Waals surface area (Å²) in [7, 11) is 1.59. The first-order valence-electron chi connectivity index (χ1n) is 8.88. The molecule has 1 fully saturated rings. The van der Waals surface area contributed by atoms with Gasteiger partial charge in [0, 0.05) is 19.5 Å². The molecule has 1 aromatic heterocycles. The quantitative estimate of drug-likeness (QED) is 0.807. The number of tetrazole rings is 1. The fourth-order valence-electron chi connectivity index (χ4n) is 3.42. The van der Waals surface area contributed by atoms with Crippen LogP contribution in [0.5, 0.6) is 5.75 Å². The fourth-order valence-corrected chi connectivity index (χ4v) is 3.42. The molecule has 0 spiro atoms. The number of piperidine rings is 1. The zero-order valence-electron chi connectivity index (χ0n) is 15.4. The van der Waals surface area contributed by atoms with Gasteiger partial charge in [0.15, 0.2) is 0 Å². The standard InChI is InChI=1S/C18H23N5O4/c1-12-19-20-21-23(12)16(10-13-5-3-7-15(9-13)27-2)17(24)22-8-4-6-14(11-22)18(25)26/h3,5,7,9,14,16H,4,6,8,10-11H2,1-2H3,(H,25,26)/t14-,16?/m0/s1. The van der Waals surface area contributed by atoms with E-state index in [0.29, 0.717) is 37.4 Å². The van der Waals surface area contributed by atoms with E-state index in [2.05, 4.69) is 15.5 Å². The summed E-state index contributed by atoms with van der Waals surface area (Å²) in [5.41, 5.74) is 0.911. The molecule has 1 unspecified atom stereocenters. The van der Waals surface area contributed by atoms with Gasteiger partial charge in [0.25, 0.3) is 0 Å². The van der Waals surface area contributed by atoms with Crippen LogP contribution in [0.4, 0.5) is 0 Å². The number of benzene rings is 1. The number of ether oxygens (including phenoxy) is 1. The number of carboxylic acid groups (broad SMARTS) is 1. The van der Waals surface area contributed by atoms with E-state index in [1.807, 2.05) is 24.3 Å². The molecule has 0 bridgehead atoms.